The third kappa shape index (κ3) is 5.64. The van der Waals surface area contributed by atoms with Gasteiger partial charge in [-0.25, -0.2) is 9.59 Å². The van der Waals surface area contributed by atoms with Crippen molar-refractivity contribution in [3.8, 4) is 11.1 Å². The van der Waals surface area contributed by atoms with Crippen molar-refractivity contribution >= 4 is 18.0 Å². The lowest BCUT2D eigenvalue weighted by molar-refractivity contribution is -0.150. The average Bonchev–Trinajstić information content (AvgIpc) is 3.28. The molecule has 3 atom stereocenters. The molecule has 37 heavy (non-hydrogen) atoms. The van der Waals surface area contributed by atoms with Crippen molar-refractivity contribution in [3.63, 3.8) is 0 Å². The van der Waals surface area contributed by atoms with E-state index in [1.165, 1.54) is 10.5 Å². The summed E-state index contributed by atoms with van der Waals surface area (Å²) in [6.07, 6.45) is 1.78. The number of amides is 2. The number of carboxylic acids is 1. The van der Waals surface area contributed by atoms with Gasteiger partial charge in [-0.15, -0.1) is 0 Å². The van der Waals surface area contributed by atoms with Crippen LogP contribution >= 0.6 is 0 Å². The van der Waals surface area contributed by atoms with Gasteiger partial charge in [0.1, 0.15) is 17.7 Å². The second-order valence-corrected chi connectivity index (χ2v) is 11.0. The number of alkyl carbamates (subject to hydrolysis) is 1. The van der Waals surface area contributed by atoms with Gasteiger partial charge in [0.25, 0.3) is 0 Å². The van der Waals surface area contributed by atoms with Crippen molar-refractivity contribution in [1.29, 1.82) is 0 Å². The van der Waals surface area contributed by atoms with Crippen LogP contribution in [-0.4, -0.2) is 60.3 Å². The highest BCUT2D eigenvalue weighted by Crippen LogP contribution is 2.41. The normalized spacial score (nSPS) is 25.0. The maximum atomic E-state index is 13.8. The number of carboxylic acid groups (broad SMARTS) is 1. The molecule has 0 aromatic heterocycles. The van der Waals surface area contributed by atoms with Crippen molar-refractivity contribution in [1.82, 2.24) is 10.2 Å². The topological polar surface area (TPSA) is 105 Å². The predicted octanol–water partition coefficient (Wildman–Crippen LogP) is 4.36. The van der Waals surface area contributed by atoms with Crippen LogP contribution in [0.4, 0.5) is 4.79 Å². The van der Waals surface area contributed by atoms with E-state index in [4.69, 9.17) is 9.47 Å². The molecule has 1 fully saturated rings. The second kappa shape index (κ2) is 10.5. The number of ether oxygens (including phenoxy) is 2. The van der Waals surface area contributed by atoms with E-state index in [1.807, 2.05) is 57.2 Å². The highest BCUT2D eigenvalue weighted by atomic mass is 16.5. The van der Waals surface area contributed by atoms with Gasteiger partial charge < -0.3 is 24.8 Å². The zero-order chi connectivity index (χ0) is 26.8. The number of carbonyl (C=O) groups is 3. The van der Waals surface area contributed by atoms with E-state index in [0.29, 0.717) is 6.42 Å². The first-order valence-electron chi connectivity index (χ1n) is 12.8. The molecule has 2 aromatic rings. The molecule has 2 amide bonds. The van der Waals surface area contributed by atoms with Gasteiger partial charge in [0.2, 0.25) is 5.91 Å². The Morgan fingerprint density at radius 3 is 2.49 bits per heavy atom. The summed E-state index contributed by atoms with van der Waals surface area (Å²) >= 11 is 0. The highest BCUT2D eigenvalue weighted by molar-refractivity contribution is 5.90. The van der Waals surface area contributed by atoms with Crippen molar-refractivity contribution in [3.05, 3.63) is 59.7 Å². The van der Waals surface area contributed by atoms with Gasteiger partial charge in [-0.05, 0) is 53.0 Å². The zero-order valence-corrected chi connectivity index (χ0v) is 22.0. The summed E-state index contributed by atoms with van der Waals surface area (Å²) in [5.74, 6) is -1.59. The number of hydrogen-bond acceptors (Lipinski definition) is 5. The minimum atomic E-state index is -1.11. The molecule has 198 valence electrons. The number of nitrogens with zero attached hydrogens (tertiary/aromatic N) is 1. The molecule has 2 N–H and O–H groups in total. The number of benzene rings is 2. The number of aryl methyl sites for hydroxylation is 1. The summed E-state index contributed by atoms with van der Waals surface area (Å²) in [5, 5.41) is 12.8. The molecule has 0 saturated carbocycles. The van der Waals surface area contributed by atoms with E-state index >= 15 is 0 Å². The molecule has 6 bridgehead atoms. The maximum Gasteiger partial charge on any atom is 0.407 e. The number of hydrogen-bond donors (Lipinski definition) is 2. The van der Waals surface area contributed by atoms with Crippen LogP contribution < -0.4 is 5.32 Å². The van der Waals surface area contributed by atoms with Crippen LogP contribution in [0, 0.1) is 5.41 Å². The Kier molecular flexibility index (Phi) is 7.59. The molecule has 0 unspecified atom stereocenters. The van der Waals surface area contributed by atoms with Crippen molar-refractivity contribution in [2.75, 3.05) is 20.3 Å². The van der Waals surface area contributed by atoms with Crippen LogP contribution in [0.2, 0.25) is 0 Å². The minimum absolute atomic E-state index is 0.0477. The second-order valence-electron chi connectivity index (χ2n) is 11.0. The first kappa shape index (κ1) is 26.7. The summed E-state index contributed by atoms with van der Waals surface area (Å²) in [5.41, 5.74) is 2.35. The van der Waals surface area contributed by atoms with Gasteiger partial charge in [0.05, 0.1) is 13.2 Å². The molecular formula is C29H36N2O6. The maximum absolute atomic E-state index is 13.8. The Hall–Kier alpha value is -3.39. The van der Waals surface area contributed by atoms with E-state index in [-0.39, 0.29) is 19.6 Å². The lowest BCUT2D eigenvalue weighted by atomic mass is 9.85. The fraction of sp³-hybridized carbons (Fsp3) is 0.483. The minimum Gasteiger partial charge on any atom is -0.480 e. The van der Waals surface area contributed by atoms with Crippen LogP contribution in [0.3, 0.4) is 0 Å². The third-order valence-corrected chi connectivity index (χ3v) is 7.40. The van der Waals surface area contributed by atoms with Crippen LogP contribution in [0.5, 0.6) is 0 Å². The third-order valence-electron chi connectivity index (χ3n) is 7.40. The van der Waals surface area contributed by atoms with E-state index in [9.17, 15) is 19.5 Å². The number of methoxy groups -OCH3 is 1. The van der Waals surface area contributed by atoms with Crippen LogP contribution in [0.15, 0.2) is 48.5 Å². The van der Waals surface area contributed by atoms with Crippen molar-refractivity contribution in [2.24, 2.45) is 5.41 Å². The van der Waals surface area contributed by atoms with Crippen molar-refractivity contribution in [2.45, 2.75) is 64.1 Å². The van der Waals surface area contributed by atoms with Gasteiger partial charge in [-0.1, -0.05) is 63.2 Å². The number of fused-ring (bicyclic) bond motifs is 8. The molecule has 2 aliphatic heterocycles. The smallest absolute Gasteiger partial charge is 0.407 e. The molecular weight excluding hydrogens is 472 g/mol. The van der Waals surface area contributed by atoms with E-state index < -0.39 is 41.1 Å². The van der Waals surface area contributed by atoms with Gasteiger partial charge in [0, 0.05) is 13.5 Å². The number of carbonyl (C=O) groups excluding carboxylic acids is 2. The fourth-order valence-electron chi connectivity index (χ4n) is 5.26. The standard InChI is InChI=1S/C29H36N2O6/c1-28(2,3)24-25(32)31-18-29(36-4,17-23(31)26(33)34)22-13-8-12-21(16-22)20-11-7-10-19(15-20)9-5-6-14-37-27(35)30-24/h7-8,10-13,15-16,23-24H,5-6,9,14,17-18H2,1-4H3,(H,30,35)(H,33,34)/t23-,24+,29-/m0/s1. The lowest BCUT2D eigenvalue weighted by Gasteiger charge is -2.35. The van der Waals surface area contributed by atoms with Gasteiger partial charge in [-0.3, -0.25) is 4.79 Å². The SMILES string of the molecule is CO[C@@]12C[C@@H](C(=O)O)N(C1)C(=O)[C@H](C(C)(C)C)NC(=O)OCCCCc1cccc(c1)-c1cccc2c1. The van der Waals surface area contributed by atoms with Crippen LogP contribution in [-0.2, 0) is 31.1 Å². The first-order valence-corrected chi connectivity index (χ1v) is 12.8. The summed E-state index contributed by atoms with van der Waals surface area (Å²) in [6.45, 7) is 5.76. The van der Waals surface area contributed by atoms with Gasteiger partial charge in [-0.2, -0.15) is 0 Å². The molecule has 1 saturated heterocycles. The Morgan fingerprint density at radius 2 is 1.81 bits per heavy atom. The predicted molar refractivity (Wildman–Crippen MR) is 139 cm³/mol. The largest absolute Gasteiger partial charge is 0.480 e. The molecule has 0 radical (unpaired) electrons. The zero-order valence-electron chi connectivity index (χ0n) is 22.0. The Morgan fingerprint density at radius 1 is 1.11 bits per heavy atom. The summed E-state index contributed by atoms with van der Waals surface area (Å²) in [7, 11) is 1.54. The molecule has 2 heterocycles. The number of aliphatic carboxylic acids is 1. The summed E-state index contributed by atoms with van der Waals surface area (Å²) in [4.78, 5) is 40.2. The quantitative estimate of drug-likeness (QED) is 0.625. The molecule has 0 aliphatic carbocycles. The van der Waals surface area contributed by atoms with Crippen LogP contribution in [0.25, 0.3) is 11.1 Å². The molecule has 8 heteroatoms. The first-order chi connectivity index (χ1) is 17.5. The van der Waals surface area contributed by atoms with E-state index in [2.05, 4.69) is 17.4 Å². The average molecular weight is 509 g/mol. The van der Waals surface area contributed by atoms with E-state index in [1.54, 1.807) is 7.11 Å². The van der Waals surface area contributed by atoms with Gasteiger partial charge >= 0.3 is 12.1 Å². The number of cyclic esters (lactones) is 1. The Labute approximate surface area is 217 Å². The Balaban J connectivity index is 1.80. The number of nitrogens with one attached hydrogen (secondary N) is 1. The molecule has 0 spiro atoms. The van der Waals surface area contributed by atoms with Gasteiger partial charge in [0.15, 0.2) is 0 Å². The van der Waals surface area contributed by atoms with Crippen LogP contribution in [0.1, 0.15) is 51.2 Å². The van der Waals surface area contributed by atoms with Crippen molar-refractivity contribution < 1.29 is 29.0 Å². The molecule has 8 nitrogen and oxygen atoms in total. The molecule has 2 aliphatic rings. The molecule has 2 aromatic carbocycles. The highest BCUT2D eigenvalue weighted by Gasteiger charge is 2.52. The number of rotatable bonds is 2. The molecule has 4 rings (SSSR count). The Bertz CT molecular complexity index is 1170. The summed E-state index contributed by atoms with van der Waals surface area (Å²) < 4.78 is 11.4. The fourth-order valence-corrected chi connectivity index (χ4v) is 5.26. The summed E-state index contributed by atoms with van der Waals surface area (Å²) in [6, 6.07) is 14.1. The lowest BCUT2D eigenvalue weighted by Crippen LogP contribution is -2.57. The monoisotopic (exact) mass is 508 g/mol. The van der Waals surface area contributed by atoms with E-state index in [0.717, 1.165) is 29.5 Å².